The number of phenols is 4. The Kier molecular flexibility index (Phi) is 3.65. The van der Waals surface area contributed by atoms with E-state index in [0.29, 0.717) is 10.3 Å². The van der Waals surface area contributed by atoms with Gasteiger partial charge in [-0.05, 0) is 24.3 Å². The third-order valence-electron chi connectivity index (χ3n) is 2.69. The van der Waals surface area contributed by atoms with Gasteiger partial charge in [0.1, 0.15) is 23.0 Å². The molecule has 0 radical (unpaired) electrons. The van der Waals surface area contributed by atoms with Gasteiger partial charge in [0.2, 0.25) is 0 Å². The maximum Gasteiger partial charge on any atom is 0.185 e. The van der Waals surface area contributed by atoms with Gasteiger partial charge in [-0.15, -0.1) is 0 Å². The molecule has 0 fully saturated rings. The quantitative estimate of drug-likeness (QED) is 0.295. The fourth-order valence-corrected chi connectivity index (χ4v) is 1.70. The average Bonchev–Trinajstić information content (AvgIpc) is 2.36. The standard InChI is InChI=1S/C14H13NO5/c16-11-3-1-9(13(18)5-11)7-15(20)8-10-2-4-12(17)6-14(10)19/h1-7,16-19H,8H2/b15-7-. The van der Waals surface area contributed by atoms with Gasteiger partial charge in [0.15, 0.2) is 12.8 Å². The first-order valence-electron chi connectivity index (χ1n) is 5.77. The van der Waals surface area contributed by atoms with Crippen molar-refractivity contribution >= 4 is 6.21 Å². The van der Waals surface area contributed by atoms with E-state index in [2.05, 4.69) is 0 Å². The van der Waals surface area contributed by atoms with Crippen LogP contribution in [0.4, 0.5) is 0 Å². The van der Waals surface area contributed by atoms with Gasteiger partial charge in [-0.3, -0.25) is 0 Å². The first kappa shape index (κ1) is 13.5. The summed E-state index contributed by atoms with van der Waals surface area (Å²) >= 11 is 0. The Morgan fingerprint density at radius 3 is 2.10 bits per heavy atom. The number of hydroxylamine groups is 1. The van der Waals surface area contributed by atoms with E-state index in [9.17, 15) is 15.4 Å². The van der Waals surface area contributed by atoms with Crippen molar-refractivity contribution in [3.05, 3.63) is 52.7 Å². The van der Waals surface area contributed by atoms with E-state index in [1.165, 1.54) is 24.3 Å². The van der Waals surface area contributed by atoms with E-state index >= 15 is 0 Å². The Bertz CT molecular complexity index is 667. The zero-order valence-electron chi connectivity index (χ0n) is 10.4. The third kappa shape index (κ3) is 3.11. The van der Waals surface area contributed by atoms with Crippen LogP contribution in [0.1, 0.15) is 11.1 Å². The average molecular weight is 275 g/mol. The lowest BCUT2D eigenvalue weighted by molar-refractivity contribution is -0.469. The molecule has 0 spiro atoms. The molecule has 2 aromatic rings. The maximum absolute atomic E-state index is 11.8. The van der Waals surface area contributed by atoms with Crippen LogP contribution in [-0.2, 0) is 6.54 Å². The molecule has 0 saturated heterocycles. The molecule has 2 aromatic carbocycles. The summed E-state index contributed by atoms with van der Waals surface area (Å²) in [6.45, 7) is -0.146. The van der Waals surface area contributed by atoms with Gasteiger partial charge in [-0.2, -0.15) is 0 Å². The molecule has 0 amide bonds. The maximum atomic E-state index is 11.8. The van der Waals surface area contributed by atoms with Gasteiger partial charge < -0.3 is 25.6 Å². The minimum atomic E-state index is -0.222. The number of benzene rings is 2. The number of aromatic hydroxyl groups is 4. The van der Waals surface area contributed by atoms with Crippen molar-refractivity contribution in [2.24, 2.45) is 0 Å². The molecule has 0 aliphatic rings. The molecule has 0 unspecified atom stereocenters. The van der Waals surface area contributed by atoms with E-state index in [1.807, 2.05) is 0 Å². The van der Waals surface area contributed by atoms with Crippen LogP contribution < -0.4 is 0 Å². The van der Waals surface area contributed by atoms with Gasteiger partial charge in [0.05, 0.1) is 11.1 Å². The molecule has 0 atom stereocenters. The Hall–Kier alpha value is -2.89. The largest absolute Gasteiger partial charge is 0.624 e. The second-order valence-corrected chi connectivity index (χ2v) is 4.26. The van der Waals surface area contributed by atoms with Gasteiger partial charge in [-0.1, -0.05) is 0 Å². The smallest absolute Gasteiger partial charge is 0.185 e. The van der Waals surface area contributed by atoms with Crippen LogP contribution in [-0.4, -0.2) is 31.4 Å². The molecule has 20 heavy (non-hydrogen) atoms. The molecule has 2 rings (SSSR count). The molecule has 0 saturated carbocycles. The van der Waals surface area contributed by atoms with Crippen LogP contribution in [0.2, 0.25) is 0 Å². The zero-order chi connectivity index (χ0) is 14.7. The molecule has 0 aliphatic carbocycles. The van der Waals surface area contributed by atoms with Crippen LogP contribution in [0.5, 0.6) is 23.0 Å². The highest BCUT2D eigenvalue weighted by Crippen LogP contribution is 2.24. The van der Waals surface area contributed by atoms with E-state index in [1.54, 1.807) is 0 Å². The third-order valence-corrected chi connectivity index (χ3v) is 2.69. The molecular weight excluding hydrogens is 262 g/mol. The number of hydrogen-bond donors (Lipinski definition) is 4. The summed E-state index contributed by atoms with van der Waals surface area (Å²) in [5.41, 5.74) is 0.586. The molecule has 6 nitrogen and oxygen atoms in total. The summed E-state index contributed by atoms with van der Waals surface area (Å²) in [5, 5.41) is 49.2. The van der Waals surface area contributed by atoms with Gasteiger partial charge >= 0.3 is 0 Å². The predicted molar refractivity (Wildman–Crippen MR) is 72.0 cm³/mol. The predicted octanol–water partition coefficient (Wildman–Crippen LogP) is 1.64. The van der Waals surface area contributed by atoms with Crippen molar-refractivity contribution in [2.75, 3.05) is 0 Å². The summed E-state index contributed by atoms with van der Waals surface area (Å²) in [6, 6.07) is 7.80. The van der Waals surface area contributed by atoms with Crippen LogP contribution in [0.25, 0.3) is 0 Å². The molecular formula is C14H13NO5. The fraction of sp³-hybridized carbons (Fsp3) is 0.0714. The number of nitrogens with zero attached hydrogens (tertiary/aromatic N) is 1. The van der Waals surface area contributed by atoms with Gasteiger partial charge in [0, 0.05) is 12.1 Å². The van der Waals surface area contributed by atoms with Crippen molar-refractivity contribution in [3.8, 4) is 23.0 Å². The lowest BCUT2D eigenvalue weighted by Gasteiger charge is -2.07. The SMILES string of the molecule is [O-]/[N+](=C\c1ccc(O)cc1O)Cc1ccc(O)cc1O. The number of phenolic OH excluding ortho intramolecular Hbond substituents is 4. The minimum absolute atomic E-state index is 0.0937. The molecule has 0 heterocycles. The highest BCUT2D eigenvalue weighted by atomic mass is 16.5. The Morgan fingerprint density at radius 2 is 1.50 bits per heavy atom. The normalized spacial score (nSPS) is 11.5. The molecule has 4 N–H and O–H groups in total. The highest BCUT2D eigenvalue weighted by molar-refractivity contribution is 5.80. The van der Waals surface area contributed by atoms with Crippen LogP contribution in [0.3, 0.4) is 0 Å². The second kappa shape index (κ2) is 5.40. The van der Waals surface area contributed by atoms with E-state index in [0.717, 1.165) is 18.3 Å². The first-order valence-corrected chi connectivity index (χ1v) is 5.77. The van der Waals surface area contributed by atoms with E-state index in [-0.39, 0.29) is 35.1 Å². The minimum Gasteiger partial charge on any atom is -0.624 e. The topological polar surface area (TPSA) is 107 Å². The molecule has 0 bridgehead atoms. The van der Waals surface area contributed by atoms with Crippen molar-refractivity contribution in [1.82, 2.24) is 0 Å². The van der Waals surface area contributed by atoms with Crippen molar-refractivity contribution in [1.29, 1.82) is 0 Å². The van der Waals surface area contributed by atoms with Crippen LogP contribution in [0.15, 0.2) is 36.4 Å². The molecule has 0 aromatic heterocycles. The lowest BCUT2D eigenvalue weighted by Crippen LogP contribution is -2.06. The molecule has 104 valence electrons. The van der Waals surface area contributed by atoms with Crippen molar-refractivity contribution < 1.29 is 25.2 Å². The van der Waals surface area contributed by atoms with Crippen molar-refractivity contribution in [2.45, 2.75) is 6.54 Å². The van der Waals surface area contributed by atoms with Gasteiger partial charge in [0.25, 0.3) is 0 Å². The summed E-state index contributed by atoms with van der Waals surface area (Å²) in [5.74, 6) is -0.605. The number of hydrogen-bond acceptors (Lipinski definition) is 5. The summed E-state index contributed by atoms with van der Waals surface area (Å²) < 4.78 is 0.526. The van der Waals surface area contributed by atoms with E-state index < -0.39 is 0 Å². The summed E-state index contributed by atoms with van der Waals surface area (Å²) in [7, 11) is 0. The van der Waals surface area contributed by atoms with Crippen LogP contribution in [0, 0.1) is 5.21 Å². The number of rotatable bonds is 3. The van der Waals surface area contributed by atoms with E-state index in [4.69, 9.17) is 10.2 Å². The van der Waals surface area contributed by atoms with Crippen molar-refractivity contribution in [3.63, 3.8) is 0 Å². The summed E-state index contributed by atoms with van der Waals surface area (Å²) in [4.78, 5) is 0. The lowest BCUT2D eigenvalue weighted by atomic mass is 10.2. The monoisotopic (exact) mass is 275 g/mol. The fourth-order valence-electron chi connectivity index (χ4n) is 1.70. The van der Waals surface area contributed by atoms with Gasteiger partial charge in [-0.25, -0.2) is 4.74 Å². The Morgan fingerprint density at radius 1 is 0.900 bits per heavy atom. The zero-order valence-corrected chi connectivity index (χ0v) is 10.4. The molecule has 0 aliphatic heterocycles. The summed E-state index contributed by atoms with van der Waals surface area (Å²) in [6.07, 6.45) is 1.14. The highest BCUT2D eigenvalue weighted by Gasteiger charge is 2.08. The first-order chi connectivity index (χ1) is 9.45. The van der Waals surface area contributed by atoms with Crippen LogP contribution >= 0.6 is 0 Å². The Labute approximate surface area is 114 Å². The Balaban J connectivity index is 2.22. The second-order valence-electron chi connectivity index (χ2n) is 4.26. The molecule has 6 heteroatoms.